The molecule has 0 radical (unpaired) electrons. The normalized spacial score (nSPS) is 24.4. The van der Waals surface area contributed by atoms with Crippen LogP contribution in [-0.4, -0.2) is 90.5 Å². The van der Waals surface area contributed by atoms with Crippen molar-refractivity contribution >= 4 is 37.3 Å². The zero-order valence-corrected chi connectivity index (χ0v) is 22.3. The number of hydrogen-bond acceptors (Lipinski definition) is 13. The molecule has 1 saturated carbocycles. The van der Waals surface area contributed by atoms with Crippen molar-refractivity contribution in [2.24, 2.45) is 16.8 Å². The Hall–Kier alpha value is -1.91. The molecule has 0 bridgehead atoms. The number of aliphatic hydroxyl groups is 2. The molecule has 2 fully saturated rings. The van der Waals surface area contributed by atoms with Gasteiger partial charge in [-0.3, -0.25) is 0 Å². The van der Waals surface area contributed by atoms with Gasteiger partial charge in [0, 0.05) is 24.1 Å². The third-order valence-electron chi connectivity index (χ3n) is 6.71. The smallest absolute Gasteiger partial charge is 0.204 e. The molecule has 3 heterocycles. The Kier molecular flexibility index (Phi) is 9.92. The molecule has 0 spiro atoms. The third-order valence-corrected chi connectivity index (χ3v) is 8.03. The highest BCUT2D eigenvalue weighted by Gasteiger charge is 2.43. The summed E-state index contributed by atoms with van der Waals surface area (Å²) in [4.78, 5) is 24.4. The van der Waals surface area contributed by atoms with Crippen molar-refractivity contribution in [3.05, 3.63) is 23.0 Å². The van der Waals surface area contributed by atoms with E-state index in [9.17, 15) is 20.0 Å². The predicted octanol–water partition coefficient (Wildman–Crippen LogP) is -0.318. The van der Waals surface area contributed by atoms with Crippen molar-refractivity contribution < 1.29 is 34.2 Å². The molecular formula is C21H34ClN8O7P. The minimum absolute atomic E-state index is 0.103. The fourth-order valence-electron chi connectivity index (χ4n) is 4.65. The molecule has 4 atom stereocenters. The van der Waals surface area contributed by atoms with Crippen LogP contribution in [0.4, 0.5) is 5.82 Å². The maximum Gasteiger partial charge on any atom is 0.204 e. The molecule has 38 heavy (non-hydrogen) atoms. The first kappa shape index (κ1) is 29.1. The van der Waals surface area contributed by atoms with Gasteiger partial charge in [0.2, 0.25) is 8.38 Å². The summed E-state index contributed by atoms with van der Waals surface area (Å²) < 4.78 is 18.8. The van der Waals surface area contributed by atoms with Crippen LogP contribution >= 0.6 is 20.0 Å². The number of nitrogens with two attached hydrogens (primary N) is 2. The third kappa shape index (κ3) is 6.45. The predicted molar refractivity (Wildman–Crippen MR) is 139 cm³/mol. The maximum absolute atomic E-state index is 10.8. The van der Waals surface area contributed by atoms with E-state index < -0.39 is 45.2 Å². The average molecular weight is 577 g/mol. The standard InChI is InChI=1S/C21H34ClN8O7P/c22-16-6-18(26-12-3-1-2-4-12)30-20(27-16)14(7-25-30)19-15(32)5-13(37-19)8-36-21(10-31,38(33)34)11-35-9-17(28-23)29-24/h6-7,12-13,15,19,26,31-34H,1-5,8-11,23-24H2,(H,28,29)/t13?,15?,19-,21?/m1/s1. The summed E-state index contributed by atoms with van der Waals surface area (Å²) in [6, 6.07) is 2.05. The maximum atomic E-state index is 10.8. The molecule has 1 aliphatic heterocycles. The Bertz CT molecular complexity index is 1100. The lowest BCUT2D eigenvalue weighted by Crippen LogP contribution is -2.43. The van der Waals surface area contributed by atoms with E-state index in [2.05, 4.69) is 25.9 Å². The van der Waals surface area contributed by atoms with Crippen LogP contribution < -0.4 is 22.4 Å². The van der Waals surface area contributed by atoms with Crippen LogP contribution in [0.5, 0.6) is 0 Å². The monoisotopic (exact) mass is 576 g/mol. The fourth-order valence-corrected chi connectivity index (χ4v) is 5.36. The number of nitrogens with zero attached hydrogens (tertiary/aromatic N) is 4. The minimum atomic E-state index is -2.79. The summed E-state index contributed by atoms with van der Waals surface area (Å²) in [6.07, 6.45) is 3.94. The summed E-state index contributed by atoms with van der Waals surface area (Å²) in [7, 11) is -2.79. The Balaban J connectivity index is 1.44. The Morgan fingerprint density at radius 1 is 1.37 bits per heavy atom. The number of hydrazine groups is 1. The van der Waals surface area contributed by atoms with E-state index >= 15 is 0 Å². The van der Waals surface area contributed by atoms with Crippen molar-refractivity contribution in [1.29, 1.82) is 0 Å². The first-order valence-corrected chi connectivity index (χ1v) is 13.8. The summed E-state index contributed by atoms with van der Waals surface area (Å²) in [5, 5.41) is 30.5. The number of anilines is 1. The van der Waals surface area contributed by atoms with Crippen molar-refractivity contribution in [2.75, 3.05) is 31.7 Å². The van der Waals surface area contributed by atoms with E-state index in [-0.39, 0.29) is 30.6 Å². The van der Waals surface area contributed by atoms with E-state index in [0.717, 1.165) is 12.8 Å². The molecule has 1 aliphatic carbocycles. The summed E-state index contributed by atoms with van der Waals surface area (Å²) in [5.41, 5.74) is 3.25. The summed E-state index contributed by atoms with van der Waals surface area (Å²) in [5.74, 6) is 11.2. The van der Waals surface area contributed by atoms with E-state index in [1.165, 1.54) is 12.8 Å². The zero-order valence-electron chi connectivity index (χ0n) is 20.6. The van der Waals surface area contributed by atoms with Crippen LogP contribution in [0.15, 0.2) is 17.4 Å². The number of hydrogen-bond donors (Lipinski definition) is 8. The molecule has 2 aromatic rings. The fraction of sp³-hybridized carbons (Fsp3) is 0.667. The van der Waals surface area contributed by atoms with Gasteiger partial charge in [0.25, 0.3) is 0 Å². The second-order valence-corrected chi connectivity index (χ2v) is 11.1. The Labute approximate surface area is 225 Å². The van der Waals surface area contributed by atoms with Crippen LogP contribution in [-0.2, 0) is 14.2 Å². The number of aliphatic hydroxyl groups excluding tert-OH is 2. The highest BCUT2D eigenvalue weighted by molar-refractivity contribution is 7.46. The van der Waals surface area contributed by atoms with Gasteiger partial charge in [-0.05, 0) is 12.8 Å². The quantitative estimate of drug-likeness (QED) is 0.0405. The van der Waals surface area contributed by atoms with Gasteiger partial charge < -0.3 is 50.8 Å². The minimum Gasteiger partial charge on any atom is -0.393 e. The van der Waals surface area contributed by atoms with Gasteiger partial charge in [0.1, 0.15) is 23.7 Å². The van der Waals surface area contributed by atoms with Gasteiger partial charge in [-0.2, -0.15) is 14.7 Å². The number of ether oxygens (including phenoxy) is 3. The van der Waals surface area contributed by atoms with Crippen molar-refractivity contribution in [3.8, 4) is 0 Å². The molecule has 4 rings (SSSR count). The van der Waals surface area contributed by atoms with Crippen LogP contribution in [0.2, 0.25) is 5.15 Å². The van der Waals surface area contributed by atoms with Crippen LogP contribution in [0, 0.1) is 0 Å². The number of amidine groups is 1. The number of rotatable bonds is 12. The van der Waals surface area contributed by atoms with Crippen LogP contribution in [0.25, 0.3) is 5.65 Å². The topological polar surface area (TPSA) is 227 Å². The first-order valence-electron chi connectivity index (χ1n) is 12.2. The van der Waals surface area contributed by atoms with Gasteiger partial charge in [0.15, 0.2) is 16.8 Å². The first-order chi connectivity index (χ1) is 18.3. The van der Waals surface area contributed by atoms with Crippen molar-refractivity contribution in [1.82, 2.24) is 20.0 Å². The number of hydrazone groups is 1. The molecule has 2 aromatic heterocycles. The van der Waals surface area contributed by atoms with E-state index in [0.29, 0.717) is 23.1 Å². The summed E-state index contributed by atoms with van der Waals surface area (Å²) in [6.45, 7) is -1.48. The number of halogens is 1. The highest BCUT2D eigenvalue weighted by Crippen LogP contribution is 2.44. The van der Waals surface area contributed by atoms with Crippen LogP contribution in [0.3, 0.4) is 0 Å². The molecule has 17 heteroatoms. The molecule has 0 aromatic carbocycles. The van der Waals surface area contributed by atoms with Crippen molar-refractivity contribution in [3.63, 3.8) is 0 Å². The number of fused-ring (bicyclic) bond motifs is 1. The average Bonchev–Trinajstić information content (AvgIpc) is 3.64. The molecule has 1 saturated heterocycles. The Morgan fingerprint density at radius 2 is 2.13 bits per heavy atom. The van der Waals surface area contributed by atoms with Gasteiger partial charge in [0.05, 0.1) is 38.2 Å². The lowest BCUT2D eigenvalue weighted by molar-refractivity contribution is -0.106. The second-order valence-electron chi connectivity index (χ2n) is 9.32. The second kappa shape index (κ2) is 13.0. The van der Waals surface area contributed by atoms with Gasteiger partial charge in [-0.15, -0.1) is 0 Å². The number of aromatic nitrogens is 3. The zero-order chi connectivity index (χ0) is 27.3. The van der Waals surface area contributed by atoms with E-state index in [4.69, 9.17) is 37.5 Å². The largest absolute Gasteiger partial charge is 0.393 e. The lowest BCUT2D eigenvalue weighted by atomic mass is 10.1. The van der Waals surface area contributed by atoms with E-state index in [1.54, 1.807) is 16.8 Å². The highest BCUT2D eigenvalue weighted by atomic mass is 35.5. The molecule has 212 valence electrons. The molecule has 0 amide bonds. The van der Waals surface area contributed by atoms with Crippen molar-refractivity contribution in [2.45, 2.75) is 61.8 Å². The summed E-state index contributed by atoms with van der Waals surface area (Å²) >= 11 is 6.31. The molecule has 15 nitrogen and oxygen atoms in total. The Morgan fingerprint density at radius 3 is 2.79 bits per heavy atom. The van der Waals surface area contributed by atoms with E-state index in [1.807, 2.05) is 0 Å². The molecule has 10 N–H and O–H groups in total. The molecule has 3 unspecified atom stereocenters. The van der Waals surface area contributed by atoms with Gasteiger partial charge in [-0.1, -0.05) is 24.4 Å². The van der Waals surface area contributed by atoms with Gasteiger partial charge >= 0.3 is 0 Å². The van der Waals surface area contributed by atoms with Crippen LogP contribution in [0.1, 0.15) is 43.8 Å². The molecule has 2 aliphatic rings. The number of nitrogens with one attached hydrogen (secondary N) is 2. The van der Waals surface area contributed by atoms with Gasteiger partial charge in [-0.25, -0.2) is 10.8 Å². The lowest BCUT2D eigenvalue weighted by Gasteiger charge is -2.33. The molecular weight excluding hydrogens is 543 g/mol. The SMILES string of the molecule is N/N=C(/COCC(CO)(OCC1CC(O)[C@@H](c2cnn3c(NC4CCCC4)cc(Cl)nc23)O1)P(O)O)NN.